The van der Waals surface area contributed by atoms with Gasteiger partial charge in [0.15, 0.2) is 0 Å². The van der Waals surface area contributed by atoms with Crippen LogP contribution in [0.4, 0.5) is 0 Å². The second kappa shape index (κ2) is 6.67. The molecule has 1 atom stereocenters. The van der Waals surface area contributed by atoms with Gasteiger partial charge in [0, 0.05) is 0 Å². The highest BCUT2D eigenvalue weighted by atomic mass is 32.2. The Kier molecular flexibility index (Phi) is 5.70. The predicted molar refractivity (Wildman–Crippen MR) is 76.9 cm³/mol. The van der Waals surface area contributed by atoms with Gasteiger partial charge in [-0.05, 0) is 39.8 Å². The molecule has 0 heterocycles. The number of hydrogen-bond acceptors (Lipinski definition) is 4. The minimum absolute atomic E-state index is 0.0171. The molecule has 0 aliphatic rings. The summed E-state index contributed by atoms with van der Waals surface area (Å²) in [5, 5.41) is 11.7. The molecule has 0 aliphatic carbocycles. The van der Waals surface area contributed by atoms with Crippen molar-refractivity contribution in [1.82, 2.24) is 0 Å². The molecule has 0 bridgehead atoms. The van der Waals surface area contributed by atoms with Crippen LogP contribution in [0.3, 0.4) is 0 Å². The summed E-state index contributed by atoms with van der Waals surface area (Å²) in [6.07, 6.45) is -0.825. The predicted octanol–water partition coefficient (Wildman–Crippen LogP) is 0.423. The molecule has 6 heteroatoms. The van der Waals surface area contributed by atoms with E-state index in [1.807, 2.05) is 33.0 Å². The Morgan fingerprint density at radius 1 is 1.25 bits per heavy atom. The van der Waals surface area contributed by atoms with Gasteiger partial charge in [0.05, 0.1) is 17.0 Å². The number of aliphatic hydroxyl groups excluding tert-OH is 1. The van der Waals surface area contributed by atoms with E-state index in [9.17, 15) is 13.5 Å². The van der Waals surface area contributed by atoms with Crippen LogP contribution in [0, 0.1) is 6.92 Å². The molecular formula is C14H24NO4S+. The van der Waals surface area contributed by atoms with Crippen LogP contribution in [0.15, 0.2) is 29.2 Å². The summed E-state index contributed by atoms with van der Waals surface area (Å²) in [5.74, 6) is 0. The quantitative estimate of drug-likeness (QED) is 0.747. The van der Waals surface area contributed by atoms with Crippen molar-refractivity contribution < 1.29 is 23.0 Å². The zero-order chi connectivity index (χ0) is 15.4. The van der Waals surface area contributed by atoms with Crippen LogP contribution < -0.4 is 5.32 Å². The Labute approximate surface area is 121 Å². The summed E-state index contributed by atoms with van der Waals surface area (Å²) in [6, 6.07) is 6.41. The van der Waals surface area contributed by atoms with Crippen molar-refractivity contribution in [2.45, 2.75) is 44.2 Å². The van der Waals surface area contributed by atoms with E-state index < -0.39 is 16.2 Å². The van der Waals surface area contributed by atoms with E-state index in [2.05, 4.69) is 0 Å². The van der Waals surface area contributed by atoms with Crippen LogP contribution in [-0.2, 0) is 14.3 Å². The molecule has 0 aliphatic heterocycles. The maximum absolute atomic E-state index is 11.9. The molecular weight excluding hydrogens is 278 g/mol. The van der Waals surface area contributed by atoms with Gasteiger partial charge in [-0.25, -0.2) is 0 Å². The summed E-state index contributed by atoms with van der Waals surface area (Å²) < 4.78 is 28.7. The summed E-state index contributed by atoms with van der Waals surface area (Å²) in [7, 11) is -3.80. The fraction of sp³-hybridized carbons (Fsp3) is 0.571. The summed E-state index contributed by atoms with van der Waals surface area (Å²) >= 11 is 0. The van der Waals surface area contributed by atoms with Crippen LogP contribution in [-0.4, -0.2) is 38.3 Å². The SMILES string of the molecule is Cc1ccc(S(=O)(=O)OC[C@H](O)C[NH2+]C(C)(C)C)cc1. The van der Waals surface area contributed by atoms with E-state index >= 15 is 0 Å². The second-order valence-corrected chi connectivity index (χ2v) is 7.63. The second-order valence-electron chi connectivity index (χ2n) is 6.01. The van der Waals surface area contributed by atoms with Crippen molar-refractivity contribution in [3.63, 3.8) is 0 Å². The topological polar surface area (TPSA) is 80.2 Å². The lowest BCUT2D eigenvalue weighted by molar-refractivity contribution is -0.722. The van der Waals surface area contributed by atoms with E-state index in [0.717, 1.165) is 5.56 Å². The Hall–Kier alpha value is -0.950. The molecule has 1 rings (SSSR count). The van der Waals surface area contributed by atoms with Crippen molar-refractivity contribution >= 4 is 10.1 Å². The highest BCUT2D eigenvalue weighted by Crippen LogP contribution is 2.13. The average molecular weight is 302 g/mol. The molecule has 0 fully saturated rings. The van der Waals surface area contributed by atoms with Crippen LogP contribution >= 0.6 is 0 Å². The smallest absolute Gasteiger partial charge is 0.297 e. The molecule has 0 unspecified atom stereocenters. The zero-order valence-corrected chi connectivity index (χ0v) is 13.3. The Morgan fingerprint density at radius 3 is 2.30 bits per heavy atom. The van der Waals surface area contributed by atoms with E-state index in [1.165, 1.54) is 12.1 Å². The van der Waals surface area contributed by atoms with Gasteiger partial charge >= 0.3 is 0 Å². The Balaban J connectivity index is 2.53. The molecule has 0 amide bonds. The van der Waals surface area contributed by atoms with E-state index in [0.29, 0.717) is 6.54 Å². The Bertz CT molecular complexity index is 517. The molecule has 0 aromatic heterocycles. The van der Waals surface area contributed by atoms with E-state index in [-0.39, 0.29) is 17.0 Å². The number of quaternary nitrogens is 1. The summed E-state index contributed by atoms with van der Waals surface area (Å²) in [6.45, 7) is 8.09. The summed E-state index contributed by atoms with van der Waals surface area (Å²) in [4.78, 5) is 0.107. The van der Waals surface area contributed by atoms with Crippen LogP contribution in [0.1, 0.15) is 26.3 Å². The molecule has 3 N–H and O–H groups in total. The first-order chi connectivity index (χ1) is 9.10. The molecule has 5 nitrogen and oxygen atoms in total. The molecule has 0 saturated carbocycles. The first-order valence-electron chi connectivity index (χ1n) is 6.59. The van der Waals surface area contributed by atoms with Crippen LogP contribution in [0.25, 0.3) is 0 Å². The van der Waals surface area contributed by atoms with Gasteiger partial charge in [0.25, 0.3) is 10.1 Å². The first-order valence-corrected chi connectivity index (χ1v) is 7.99. The average Bonchev–Trinajstić information content (AvgIpc) is 2.34. The van der Waals surface area contributed by atoms with Crippen molar-refractivity contribution in [2.24, 2.45) is 0 Å². The van der Waals surface area contributed by atoms with Crippen molar-refractivity contribution in [2.75, 3.05) is 13.2 Å². The molecule has 1 aromatic rings. The van der Waals surface area contributed by atoms with Crippen LogP contribution in [0.5, 0.6) is 0 Å². The van der Waals surface area contributed by atoms with Gasteiger partial charge in [-0.15, -0.1) is 0 Å². The fourth-order valence-electron chi connectivity index (χ4n) is 1.50. The highest BCUT2D eigenvalue weighted by molar-refractivity contribution is 7.86. The monoisotopic (exact) mass is 302 g/mol. The van der Waals surface area contributed by atoms with Crippen molar-refractivity contribution in [3.8, 4) is 0 Å². The number of benzene rings is 1. The lowest BCUT2D eigenvalue weighted by Crippen LogP contribution is -2.96. The number of aliphatic hydroxyl groups is 1. The first kappa shape index (κ1) is 17.1. The number of hydrogen-bond donors (Lipinski definition) is 2. The molecule has 1 aromatic carbocycles. The lowest BCUT2D eigenvalue weighted by Gasteiger charge is -2.19. The third kappa shape index (κ3) is 6.00. The lowest BCUT2D eigenvalue weighted by atomic mass is 10.1. The normalized spacial score (nSPS) is 14.2. The van der Waals surface area contributed by atoms with Gasteiger partial charge in [0.2, 0.25) is 0 Å². The van der Waals surface area contributed by atoms with Crippen molar-refractivity contribution in [1.29, 1.82) is 0 Å². The molecule has 0 saturated heterocycles. The number of aryl methyl sites for hydroxylation is 1. The van der Waals surface area contributed by atoms with E-state index in [1.54, 1.807) is 12.1 Å². The van der Waals surface area contributed by atoms with Gasteiger partial charge in [-0.2, -0.15) is 8.42 Å². The van der Waals surface area contributed by atoms with E-state index in [4.69, 9.17) is 4.18 Å². The maximum atomic E-state index is 11.9. The van der Waals surface area contributed by atoms with Gasteiger partial charge < -0.3 is 10.4 Å². The van der Waals surface area contributed by atoms with Gasteiger partial charge in [0.1, 0.15) is 12.6 Å². The fourth-order valence-corrected chi connectivity index (χ4v) is 2.44. The Morgan fingerprint density at radius 2 is 1.80 bits per heavy atom. The largest absolute Gasteiger partial charge is 0.385 e. The van der Waals surface area contributed by atoms with Crippen molar-refractivity contribution in [3.05, 3.63) is 29.8 Å². The zero-order valence-electron chi connectivity index (χ0n) is 12.5. The third-order valence-corrected chi connectivity index (χ3v) is 4.02. The molecule has 0 radical (unpaired) electrons. The molecule has 114 valence electrons. The number of rotatable bonds is 6. The third-order valence-electron chi connectivity index (χ3n) is 2.73. The van der Waals surface area contributed by atoms with Crippen LogP contribution in [0.2, 0.25) is 0 Å². The standard InChI is InChI=1S/C14H23NO4S/c1-11-5-7-13(8-6-11)20(17,18)19-10-12(16)9-15-14(2,3)4/h5-8,12,15-16H,9-10H2,1-4H3/p+1/t12-/m1/s1. The van der Waals surface area contributed by atoms with Gasteiger partial charge in [-0.3, -0.25) is 4.18 Å². The molecule has 20 heavy (non-hydrogen) atoms. The summed E-state index contributed by atoms with van der Waals surface area (Å²) in [5.41, 5.74) is 0.959. The minimum Gasteiger partial charge on any atom is -0.385 e. The van der Waals surface area contributed by atoms with Gasteiger partial charge in [-0.1, -0.05) is 17.7 Å². The number of nitrogens with two attached hydrogens (primary N) is 1. The highest BCUT2D eigenvalue weighted by Gasteiger charge is 2.20. The maximum Gasteiger partial charge on any atom is 0.297 e. The molecule has 0 spiro atoms. The minimum atomic E-state index is -3.80.